The first-order chi connectivity index (χ1) is 16.0. The number of methoxy groups -OCH3 is 1. The quantitative estimate of drug-likeness (QED) is 0.319. The molecule has 0 spiro atoms. The van der Waals surface area contributed by atoms with Crippen LogP contribution in [-0.4, -0.2) is 27.8 Å². The summed E-state index contributed by atoms with van der Waals surface area (Å²) in [5.74, 6) is 1.14. The molecule has 8 heteroatoms. The highest BCUT2D eigenvalue weighted by atomic mass is 35.5. The molecule has 0 unspecified atom stereocenters. The summed E-state index contributed by atoms with van der Waals surface area (Å²) in [5.41, 5.74) is 2.60. The van der Waals surface area contributed by atoms with Gasteiger partial charge in [0.05, 0.1) is 7.11 Å². The summed E-state index contributed by atoms with van der Waals surface area (Å²) in [7, 11) is 1.60. The molecule has 0 aliphatic heterocycles. The lowest BCUT2D eigenvalue weighted by molar-refractivity contribution is 0.0957. The van der Waals surface area contributed by atoms with E-state index in [1.807, 2.05) is 60.7 Å². The lowest BCUT2D eigenvalue weighted by Gasteiger charge is -2.06. The van der Waals surface area contributed by atoms with Crippen molar-refractivity contribution in [3.05, 3.63) is 100 Å². The number of hydrogen-bond donors (Lipinski definition) is 1. The van der Waals surface area contributed by atoms with Gasteiger partial charge in [0.1, 0.15) is 5.75 Å². The number of carbonyl (C=O) groups excluding carboxylic acids is 1. The van der Waals surface area contributed by atoms with Crippen LogP contribution in [0.2, 0.25) is 10.0 Å². The summed E-state index contributed by atoms with van der Waals surface area (Å²) >= 11 is 11.9. The fourth-order valence-corrected chi connectivity index (χ4v) is 3.29. The zero-order valence-corrected chi connectivity index (χ0v) is 19.2. The van der Waals surface area contributed by atoms with Crippen LogP contribution < -0.4 is 10.1 Å². The number of benzene rings is 3. The van der Waals surface area contributed by atoms with Crippen LogP contribution in [0, 0.1) is 0 Å². The van der Waals surface area contributed by atoms with Crippen molar-refractivity contribution in [1.29, 1.82) is 0 Å². The number of nitrogens with one attached hydrogen (secondary N) is 1. The number of allylic oxidation sites excluding steroid dienone is 1. The van der Waals surface area contributed by atoms with E-state index in [1.54, 1.807) is 25.3 Å². The highest BCUT2D eigenvalue weighted by molar-refractivity contribution is 6.30. The monoisotopic (exact) mass is 478 g/mol. The summed E-state index contributed by atoms with van der Waals surface area (Å²) < 4.78 is 6.46. The molecule has 0 bridgehead atoms. The predicted molar refractivity (Wildman–Crippen MR) is 132 cm³/mol. The molecule has 0 aliphatic carbocycles. The molecule has 1 aromatic heterocycles. The smallest absolute Gasteiger partial charge is 0.274 e. The maximum absolute atomic E-state index is 13.0. The van der Waals surface area contributed by atoms with Gasteiger partial charge in [-0.2, -0.15) is 9.67 Å². The first-order valence-corrected chi connectivity index (χ1v) is 10.9. The topological polar surface area (TPSA) is 69.0 Å². The number of ether oxygens (including phenoxy) is 1. The van der Waals surface area contributed by atoms with Crippen LogP contribution in [0.5, 0.6) is 5.75 Å². The summed E-state index contributed by atoms with van der Waals surface area (Å²) in [6, 6.07) is 21.9. The summed E-state index contributed by atoms with van der Waals surface area (Å²) in [6.45, 7) is 0.450. The Balaban J connectivity index is 1.61. The molecule has 3 aromatic carbocycles. The normalized spacial score (nSPS) is 11.0. The SMILES string of the molecule is COc1ccc(-c2nc(NCc3ccc(Cl)cc3)n(C(=O)C=Cc3ccc(Cl)cc3)n2)cc1. The minimum absolute atomic E-state index is 0.335. The van der Waals surface area contributed by atoms with Crippen molar-refractivity contribution in [2.24, 2.45) is 0 Å². The van der Waals surface area contributed by atoms with E-state index in [0.717, 1.165) is 22.4 Å². The van der Waals surface area contributed by atoms with Crippen molar-refractivity contribution in [3.63, 3.8) is 0 Å². The van der Waals surface area contributed by atoms with Crippen LogP contribution in [0.3, 0.4) is 0 Å². The zero-order chi connectivity index (χ0) is 23.2. The van der Waals surface area contributed by atoms with Crippen LogP contribution in [0.1, 0.15) is 15.9 Å². The van der Waals surface area contributed by atoms with Crippen molar-refractivity contribution >= 4 is 41.1 Å². The van der Waals surface area contributed by atoms with Crippen molar-refractivity contribution in [2.75, 3.05) is 12.4 Å². The Morgan fingerprint density at radius 1 is 0.970 bits per heavy atom. The molecule has 0 amide bonds. The van der Waals surface area contributed by atoms with Gasteiger partial charge in [0, 0.05) is 28.2 Å². The van der Waals surface area contributed by atoms with Gasteiger partial charge in [-0.3, -0.25) is 4.79 Å². The molecule has 166 valence electrons. The number of rotatable bonds is 7. The van der Waals surface area contributed by atoms with Gasteiger partial charge in [0.25, 0.3) is 5.91 Å². The third kappa shape index (κ3) is 5.80. The van der Waals surface area contributed by atoms with Crippen LogP contribution in [0.4, 0.5) is 5.95 Å². The summed E-state index contributed by atoms with van der Waals surface area (Å²) in [4.78, 5) is 17.5. The molecule has 33 heavy (non-hydrogen) atoms. The highest BCUT2D eigenvalue weighted by Gasteiger charge is 2.16. The van der Waals surface area contributed by atoms with E-state index in [0.29, 0.717) is 28.4 Å². The third-order valence-corrected chi connectivity index (χ3v) is 5.32. The first-order valence-electron chi connectivity index (χ1n) is 10.1. The lowest BCUT2D eigenvalue weighted by atomic mass is 10.2. The summed E-state index contributed by atoms with van der Waals surface area (Å²) in [6.07, 6.45) is 3.15. The van der Waals surface area contributed by atoms with Crippen molar-refractivity contribution in [3.8, 4) is 17.1 Å². The Morgan fingerprint density at radius 2 is 1.61 bits per heavy atom. The number of halogens is 2. The first kappa shape index (κ1) is 22.6. The van der Waals surface area contributed by atoms with Gasteiger partial charge >= 0.3 is 0 Å². The molecule has 4 aromatic rings. The maximum Gasteiger partial charge on any atom is 0.274 e. The van der Waals surface area contributed by atoms with E-state index in [4.69, 9.17) is 27.9 Å². The predicted octanol–water partition coefficient (Wildman–Crippen LogP) is 6.23. The highest BCUT2D eigenvalue weighted by Crippen LogP contribution is 2.22. The van der Waals surface area contributed by atoms with Gasteiger partial charge in [-0.05, 0) is 65.7 Å². The number of aromatic nitrogens is 3. The maximum atomic E-state index is 13.0. The van der Waals surface area contributed by atoms with E-state index in [-0.39, 0.29) is 5.91 Å². The molecule has 0 radical (unpaired) electrons. The van der Waals surface area contributed by atoms with E-state index >= 15 is 0 Å². The molecule has 0 saturated heterocycles. The van der Waals surface area contributed by atoms with E-state index in [9.17, 15) is 4.79 Å². The van der Waals surface area contributed by atoms with Gasteiger partial charge < -0.3 is 10.1 Å². The minimum atomic E-state index is -0.337. The van der Waals surface area contributed by atoms with E-state index in [2.05, 4.69) is 15.4 Å². The third-order valence-electron chi connectivity index (χ3n) is 4.82. The minimum Gasteiger partial charge on any atom is -0.497 e. The van der Waals surface area contributed by atoms with Crippen LogP contribution in [-0.2, 0) is 6.54 Å². The molecule has 4 rings (SSSR count). The molecule has 1 N–H and O–H groups in total. The standard InChI is InChI=1S/C25H20Cl2N4O2/c1-33-22-13-7-19(8-14-22)24-29-25(28-16-18-4-11-21(27)12-5-18)31(30-24)23(32)15-6-17-2-9-20(26)10-3-17/h2-15H,16H2,1H3,(H,28,29,30). The number of nitrogens with zero attached hydrogens (tertiary/aromatic N) is 3. The fourth-order valence-electron chi connectivity index (χ4n) is 3.04. The Kier molecular flexibility index (Phi) is 7.07. The molecule has 1 heterocycles. The lowest BCUT2D eigenvalue weighted by Crippen LogP contribution is -2.14. The fraction of sp³-hybridized carbons (Fsp3) is 0.0800. The van der Waals surface area contributed by atoms with Gasteiger partial charge in [0.15, 0.2) is 5.82 Å². The summed E-state index contributed by atoms with van der Waals surface area (Å²) in [5, 5.41) is 8.94. The molecular weight excluding hydrogens is 459 g/mol. The number of anilines is 1. The van der Waals surface area contributed by atoms with Gasteiger partial charge in [-0.25, -0.2) is 0 Å². The largest absolute Gasteiger partial charge is 0.497 e. The zero-order valence-electron chi connectivity index (χ0n) is 17.7. The van der Waals surface area contributed by atoms with Crippen LogP contribution in [0.25, 0.3) is 17.5 Å². The van der Waals surface area contributed by atoms with Gasteiger partial charge in [0.2, 0.25) is 5.95 Å². The van der Waals surface area contributed by atoms with Gasteiger partial charge in [-0.15, -0.1) is 5.10 Å². The Hall–Kier alpha value is -3.61. The Morgan fingerprint density at radius 3 is 2.24 bits per heavy atom. The Labute approximate surface area is 201 Å². The van der Waals surface area contributed by atoms with E-state index < -0.39 is 0 Å². The molecule has 6 nitrogen and oxygen atoms in total. The van der Waals surface area contributed by atoms with Crippen molar-refractivity contribution in [1.82, 2.24) is 14.8 Å². The molecule has 0 atom stereocenters. The second-order valence-electron chi connectivity index (χ2n) is 7.10. The Bertz CT molecular complexity index is 1270. The molecule has 0 aliphatic rings. The molecule has 0 fully saturated rings. The molecular formula is C25H20Cl2N4O2. The second-order valence-corrected chi connectivity index (χ2v) is 7.98. The average Bonchev–Trinajstić information content (AvgIpc) is 3.27. The average molecular weight is 479 g/mol. The van der Waals surface area contributed by atoms with Crippen molar-refractivity contribution < 1.29 is 9.53 Å². The second kappa shape index (κ2) is 10.3. The van der Waals surface area contributed by atoms with E-state index in [1.165, 1.54) is 10.8 Å². The van der Waals surface area contributed by atoms with Crippen LogP contribution >= 0.6 is 23.2 Å². The molecule has 0 saturated carbocycles. The number of carbonyl (C=O) groups is 1. The van der Waals surface area contributed by atoms with Crippen LogP contribution in [0.15, 0.2) is 78.9 Å². The van der Waals surface area contributed by atoms with Gasteiger partial charge in [-0.1, -0.05) is 47.5 Å². The van der Waals surface area contributed by atoms with Crippen molar-refractivity contribution in [2.45, 2.75) is 6.54 Å². The number of hydrogen-bond acceptors (Lipinski definition) is 5.